The van der Waals surface area contributed by atoms with Crippen LogP contribution in [0.1, 0.15) is 18.9 Å². The quantitative estimate of drug-likeness (QED) is 0.610. The van der Waals surface area contributed by atoms with Crippen LogP contribution in [-0.4, -0.2) is 62.3 Å². The van der Waals surface area contributed by atoms with Crippen LogP contribution in [-0.2, 0) is 16.1 Å². The number of hydrogen-bond donors (Lipinski definition) is 2. The highest BCUT2D eigenvalue weighted by atomic mass is 16.7. The first-order chi connectivity index (χ1) is 12.2. The number of nitrogens with one attached hydrogen (secondary N) is 2. The molecular weight excluding hydrogens is 322 g/mol. The number of fused-ring (bicyclic) bond motifs is 1. The van der Waals surface area contributed by atoms with Gasteiger partial charge in [0.05, 0.1) is 6.42 Å². The van der Waals surface area contributed by atoms with Crippen LogP contribution in [0.5, 0.6) is 11.5 Å². The van der Waals surface area contributed by atoms with Crippen molar-refractivity contribution >= 4 is 11.8 Å². The maximum atomic E-state index is 12.4. The van der Waals surface area contributed by atoms with Crippen LogP contribution >= 0.6 is 0 Å². The molecule has 0 aliphatic carbocycles. The minimum absolute atomic E-state index is 0.0138. The van der Waals surface area contributed by atoms with Crippen LogP contribution in [0.2, 0.25) is 0 Å². The zero-order chi connectivity index (χ0) is 17.4. The second-order valence-corrected chi connectivity index (χ2v) is 7.01. The number of carbonyl (C=O) groups is 2. The van der Waals surface area contributed by atoms with E-state index in [9.17, 15) is 9.59 Å². The smallest absolute Gasteiger partial charge is 0.288 e. The molecule has 1 aromatic carbocycles. The highest BCUT2D eigenvalue weighted by Crippen LogP contribution is 2.32. The van der Waals surface area contributed by atoms with Gasteiger partial charge < -0.3 is 19.3 Å². The second kappa shape index (κ2) is 6.65. The lowest BCUT2D eigenvalue weighted by molar-refractivity contribution is -1.02. The summed E-state index contributed by atoms with van der Waals surface area (Å²) in [6, 6.07) is 5.96. The molecule has 0 aromatic heterocycles. The average molecular weight is 347 g/mol. The standard InChI is InChI=1S/C18H23N3O4/c1-2-21-17(22)10-14(18(21)23)20-7-5-19(6-8-20)11-13-3-4-15-16(9-13)25-12-24-15/h3-4,9,14H,2,5-8,10-12H2,1H3/p+2. The number of imide groups is 1. The normalized spacial score (nSPS) is 28.7. The Bertz CT molecular complexity index is 685. The van der Waals surface area contributed by atoms with Gasteiger partial charge >= 0.3 is 0 Å². The largest absolute Gasteiger partial charge is 0.454 e. The summed E-state index contributed by atoms with van der Waals surface area (Å²) >= 11 is 0. The van der Waals surface area contributed by atoms with Crippen molar-refractivity contribution in [3.8, 4) is 11.5 Å². The molecule has 134 valence electrons. The number of likely N-dealkylation sites (tertiary alicyclic amines) is 1. The molecular formula is C18H25N3O4+2. The van der Waals surface area contributed by atoms with Crippen molar-refractivity contribution in [2.24, 2.45) is 0 Å². The molecule has 0 radical (unpaired) electrons. The third-order valence-electron chi connectivity index (χ3n) is 5.54. The third-order valence-corrected chi connectivity index (χ3v) is 5.54. The lowest BCUT2D eigenvalue weighted by Crippen LogP contribution is -3.29. The Morgan fingerprint density at radius 1 is 1.12 bits per heavy atom. The summed E-state index contributed by atoms with van der Waals surface area (Å²) in [5.74, 6) is 1.65. The van der Waals surface area contributed by atoms with Crippen molar-refractivity contribution in [3.63, 3.8) is 0 Å². The Morgan fingerprint density at radius 3 is 2.60 bits per heavy atom. The molecule has 2 fully saturated rings. The van der Waals surface area contributed by atoms with Gasteiger partial charge in [0.2, 0.25) is 12.7 Å². The van der Waals surface area contributed by atoms with Gasteiger partial charge in [-0.25, -0.2) is 0 Å². The zero-order valence-corrected chi connectivity index (χ0v) is 14.5. The fourth-order valence-electron chi connectivity index (χ4n) is 4.12. The molecule has 7 heteroatoms. The highest BCUT2D eigenvalue weighted by Gasteiger charge is 2.45. The minimum atomic E-state index is -0.167. The van der Waals surface area contributed by atoms with E-state index in [-0.39, 0.29) is 17.9 Å². The Balaban J connectivity index is 1.33. The number of likely N-dealkylation sites (N-methyl/N-ethyl adjacent to an activating group) is 1. The first kappa shape index (κ1) is 16.4. The third kappa shape index (κ3) is 3.09. The molecule has 4 rings (SSSR count). The van der Waals surface area contributed by atoms with Gasteiger partial charge in [-0.3, -0.25) is 14.5 Å². The van der Waals surface area contributed by atoms with Gasteiger partial charge in [-0.05, 0) is 25.1 Å². The van der Waals surface area contributed by atoms with E-state index in [4.69, 9.17) is 9.47 Å². The Labute approximate surface area is 147 Å². The molecule has 1 aromatic rings. The zero-order valence-electron chi connectivity index (χ0n) is 14.5. The summed E-state index contributed by atoms with van der Waals surface area (Å²) in [6.45, 7) is 7.48. The number of amides is 2. The molecule has 7 nitrogen and oxygen atoms in total. The van der Waals surface area contributed by atoms with Gasteiger partial charge in [-0.15, -0.1) is 0 Å². The predicted octanol–water partition coefficient (Wildman–Crippen LogP) is -2.15. The SMILES string of the molecule is CCN1C(=O)CC([NH+]2CC[NH+](Cc3ccc4c(c3)OCO4)CC2)C1=O. The number of carbonyl (C=O) groups excluding carboxylic acids is 2. The maximum Gasteiger partial charge on any atom is 0.288 e. The number of rotatable bonds is 4. The molecule has 1 unspecified atom stereocenters. The molecule has 0 bridgehead atoms. The van der Waals surface area contributed by atoms with Crippen LogP contribution in [0.15, 0.2) is 18.2 Å². The van der Waals surface area contributed by atoms with Gasteiger partial charge in [0.1, 0.15) is 32.7 Å². The van der Waals surface area contributed by atoms with Gasteiger partial charge in [0, 0.05) is 12.1 Å². The summed E-state index contributed by atoms with van der Waals surface area (Å²) in [7, 11) is 0. The summed E-state index contributed by atoms with van der Waals surface area (Å²) in [5, 5.41) is 0. The van der Waals surface area contributed by atoms with Crippen LogP contribution in [0.3, 0.4) is 0 Å². The molecule has 25 heavy (non-hydrogen) atoms. The predicted molar refractivity (Wildman–Crippen MR) is 88.5 cm³/mol. The van der Waals surface area contributed by atoms with E-state index in [0.29, 0.717) is 19.8 Å². The number of ether oxygens (including phenoxy) is 2. The van der Waals surface area contributed by atoms with E-state index in [1.807, 2.05) is 13.0 Å². The topological polar surface area (TPSA) is 64.7 Å². The molecule has 0 saturated carbocycles. The first-order valence-electron chi connectivity index (χ1n) is 9.06. The van der Waals surface area contributed by atoms with Crippen LogP contribution in [0.25, 0.3) is 0 Å². The molecule has 3 aliphatic heterocycles. The fourth-order valence-corrected chi connectivity index (χ4v) is 4.12. The lowest BCUT2D eigenvalue weighted by atomic mass is 10.1. The average Bonchev–Trinajstić information content (AvgIpc) is 3.19. The molecule has 2 amide bonds. The summed E-state index contributed by atoms with van der Waals surface area (Å²) < 4.78 is 10.8. The maximum absolute atomic E-state index is 12.4. The number of hydrogen-bond acceptors (Lipinski definition) is 4. The van der Waals surface area contributed by atoms with Crippen molar-refractivity contribution in [3.05, 3.63) is 23.8 Å². The second-order valence-electron chi connectivity index (χ2n) is 7.01. The van der Waals surface area contributed by atoms with Gasteiger partial charge in [-0.2, -0.15) is 0 Å². The van der Waals surface area contributed by atoms with E-state index in [2.05, 4.69) is 12.1 Å². The Kier molecular flexibility index (Phi) is 4.35. The molecule has 2 N–H and O–H groups in total. The first-order valence-corrected chi connectivity index (χ1v) is 9.06. The van der Waals surface area contributed by atoms with E-state index < -0.39 is 0 Å². The van der Waals surface area contributed by atoms with E-state index >= 15 is 0 Å². The van der Waals surface area contributed by atoms with E-state index in [1.165, 1.54) is 20.3 Å². The van der Waals surface area contributed by atoms with Crippen LogP contribution in [0, 0.1) is 0 Å². The Morgan fingerprint density at radius 2 is 1.88 bits per heavy atom. The van der Waals surface area contributed by atoms with Crippen LogP contribution in [0.4, 0.5) is 0 Å². The van der Waals surface area contributed by atoms with Crippen molar-refractivity contribution in [2.45, 2.75) is 25.9 Å². The van der Waals surface area contributed by atoms with Gasteiger partial charge in [0.15, 0.2) is 17.5 Å². The number of quaternary nitrogens is 2. The number of piperazine rings is 1. The lowest BCUT2D eigenvalue weighted by Gasteiger charge is -2.32. The number of benzene rings is 1. The molecule has 3 aliphatic rings. The van der Waals surface area contributed by atoms with Crippen molar-refractivity contribution in [2.75, 3.05) is 39.5 Å². The monoisotopic (exact) mass is 347 g/mol. The van der Waals surface area contributed by atoms with Crippen molar-refractivity contribution in [1.82, 2.24) is 4.90 Å². The van der Waals surface area contributed by atoms with E-state index in [0.717, 1.165) is 44.2 Å². The van der Waals surface area contributed by atoms with Crippen LogP contribution < -0.4 is 19.3 Å². The molecule has 0 spiro atoms. The Hall–Kier alpha value is -2.12. The summed E-state index contributed by atoms with van der Waals surface area (Å²) in [5.41, 5.74) is 1.24. The highest BCUT2D eigenvalue weighted by molar-refractivity contribution is 6.04. The van der Waals surface area contributed by atoms with Crippen molar-refractivity contribution in [1.29, 1.82) is 0 Å². The molecule has 1 atom stereocenters. The van der Waals surface area contributed by atoms with Crippen molar-refractivity contribution < 1.29 is 28.9 Å². The minimum Gasteiger partial charge on any atom is -0.454 e. The molecule has 2 saturated heterocycles. The summed E-state index contributed by atoms with van der Waals surface area (Å²) in [6.07, 6.45) is 0.375. The molecule has 3 heterocycles. The van der Waals surface area contributed by atoms with Gasteiger partial charge in [-0.1, -0.05) is 0 Å². The fraction of sp³-hybridized carbons (Fsp3) is 0.556. The van der Waals surface area contributed by atoms with E-state index in [1.54, 1.807) is 0 Å². The number of nitrogens with zero attached hydrogens (tertiary/aromatic N) is 1. The van der Waals surface area contributed by atoms with Gasteiger partial charge in [0.25, 0.3) is 5.91 Å². The summed E-state index contributed by atoms with van der Waals surface area (Å²) in [4.78, 5) is 28.5.